The standard InChI is InChI=1S/C12H23NOS/c1-3-15-9-8-13-7-5-4-6-12(13)10-11(2)14/h12H,3-10H2,1-2H3. The molecule has 1 unspecified atom stereocenters. The van der Waals surface area contributed by atoms with Crippen LogP contribution in [-0.4, -0.2) is 41.3 Å². The molecule has 0 saturated carbocycles. The van der Waals surface area contributed by atoms with E-state index in [1.54, 1.807) is 6.92 Å². The summed E-state index contributed by atoms with van der Waals surface area (Å²) in [6, 6.07) is 0.536. The number of rotatable bonds is 6. The number of nitrogens with zero attached hydrogens (tertiary/aromatic N) is 1. The Morgan fingerprint density at radius 3 is 2.93 bits per heavy atom. The van der Waals surface area contributed by atoms with Gasteiger partial charge in [-0.1, -0.05) is 13.3 Å². The minimum atomic E-state index is 0.343. The Morgan fingerprint density at radius 1 is 1.47 bits per heavy atom. The third-order valence-electron chi connectivity index (χ3n) is 3.00. The van der Waals surface area contributed by atoms with Gasteiger partial charge in [0.2, 0.25) is 0 Å². The summed E-state index contributed by atoms with van der Waals surface area (Å²) in [7, 11) is 0. The second kappa shape index (κ2) is 7.29. The van der Waals surface area contributed by atoms with Crippen LogP contribution in [0.25, 0.3) is 0 Å². The van der Waals surface area contributed by atoms with Crippen LogP contribution in [0.4, 0.5) is 0 Å². The zero-order valence-electron chi connectivity index (χ0n) is 10.00. The minimum Gasteiger partial charge on any atom is -0.300 e. The summed E-state index contributed by atoms with van der Waals surface area (Å²) in [6.45, 7) is 6.28. The van der Waals surface area contributed by atoms with E-state index in [2.05, 4.69) is 11.8 Å². The van der Waals surface area contributed by atoms with Crippen molar-refractivity contribution in [1.82, 2.24) is 4.90 Å². The molecule has 1 fully saturated rings. The number of hydrogen-bond donors (Lipinski definition) is 0. The summed E-state index contributed by atoms with van der Waals surface area (Å²) in [5.74, 6) is 2.76. The molecule has 0 radical (unpaired) electrons. The SMILES string of the molecule is CCSCCN1CCCCC1CC(C)=O. The van der Waals surface area contributed by atoms with Crippen molar-refractivity contribution in [2.45, 2.75) is 45.6 Å². The lowest BCUT2D eigenvalue weighted by atomic mass is 9.98. The summed E-state index contributed by atoms with van der Waals surface area (Å²) >= 11 is 2.00. The van der Waals surface area contributed by atoms with Gasteiger partial charge in [0, 0.05) is 24.8 Å². The molecular weight excluding hydrogens is 206 g/mol. The highest BCUT2D eigenvalue weighted by atomic mass is 32.2. The number of Topliss-reactive ketones (excluding diaryl/α,β-unsaturated/α-hetero) is 1. The largest absolute Gasteiger partial charge is 0.300 e. The number of piperidine rings is 1. The summed E-state index contributed by atoms with van der Waals surface area (Å²) in [5, 5.41) is 0. The van der Waals surface area contributed by atoms with Crippen molar-refractivity contribution in [3.05, 3.63) is 0 Å². The molecule has 0 bridgehead atoms. The lowest BCUT2D eigenvalue weighted by molar-refractivity contribution is -0.118. The molecule has 1 heterocycles. The van der Waals surface area contributed by atoms with Gasteiger partial charge in [-0.05, 0) is 32.1 Å². The van der Waals surface area contributed by atoms with Crippen molar-refractivity contribution in [1.29, 1.82) is 0 Å². The smallest absolute Gasteiger partial charge is 0.131 e. The molecule has 1 aliphatic rings. The van der Waals surface area contributed by atoms with Gasteiger partial charge in [-0.2, -0.15) is 11.8 Å². The van der Waals surface area contributed by atoms with Crippen LogP contribution in [0.15, 0.2) is 0 Å². The van der Waals surface area contributed by atoms with Crippen molar-refractivity contribution in [3.8, 4) is 0 Å². The number of likely N-dealkylation sites (tertiary alicyclic amines) is 1. The Labute approximate surface area is 97.8 Å². The molecule has 1 aliphatic heterocycles. The first kappa shape index (κ1) is 13.0. The lowest BCUT2D eigenvalue weighted by Gasteiger charge is -2.35. The average Bonchev–Trinajstić information content (AvgIpc) is 2.20. The molecule has 0 aromatic rings. The maximum atomic E-state index is 11.2. The molecule has 1 saturated heterocycles. The van der Waals surface area contributed by atoms with E-state index in [-0.39, 0.29) is 0 Å². The van der Waals surface area contributed by atoms with Crippen LogP contribution in [0.2, 0.25) is 0 Å². The third-order valence-corrected chi connectivity index (χ3v) is 3.88. The maximum Gasteiger partial charge on any atom is 0.131 e. The van der Waals surface area contributed by atoms with E-state index in [0.717, 1.165) is 13.0 Å². The molecule has 2 nitrogen and oxygen atoms in total. The van der Waals surface area contributed by atoms with Crippen LogP contribution in [0, 0.1) is 0 Å². The topological polar surface area (TPSA) is 20.3 Å². The number of carbonyl (C=O) groups is 1. The molecule has 0 spiro atoms. The Morgan fingerprint density at radius 2 is 2.27 bits per heavy atom. The van der Waals surface area contributed by atoms with Gasteiger partial charge < -0.3 is 0 Å². The molecule has 0 aliphatic carbocycles. The molecular formula is C12H23NOS. The van der Waals surface area contributed by atoms with Crippen LogP contribution >= 0.6 is 11.8 Å². The summed E-state index contributed by atoms with van der Waals surface area (Å²) in [5.41, 5.74) is 0. The van der Waals surface area contributed by atoms with Crippen LogP contribution in [-0.2, 0) is 4.79 Å². The van der Waals surface area contributed by atoms with E-state index < -0.39 is 0 Å². The molecule has 1 atom stereocenters. The molecule has 15 heavy (non-hydrogen) atoms. The van der Waals surface area contributed by atoms with E-state index in [1.807, 2.05) is 11.8 Å². The average molecular weight is 229 g/mol. The second-order valence-electron chi connectivity index (χ2n) is 4.29. The van der Waals surface area contributed by atoms with Gasteiger partial charge >= 0.3 is 0 Å². The monoisotopic (exact) mass is 229 g/mol. The van der Waals surface area contributed by atoms with E-state index >= 15 is 0 Å². The molecule has 1 rings (SSSR count). The molecule has 0 amide bonds. The van der Waals surface area contributed by atoms with Crippen LogP contribution in [0.5, 0.6) is 0 Å². The molecule has 0 aromatic carbocycles. The Hall–Kier alpha value is -0.0200. The van der Waals surface area contributed by atoms with Gasteiger partial charge in [-0.25, -0.2) is 0 Å². The van der Waals surface area contributed by atoms with Gasteiger partial charge in [-0.15, -0.1) is 0 Å². The fraction of sp³-hybridized carbons (Fsp3) is 0.917. The summed E-state index contributed by atoms with van der Waals surface area (Å²) in [6.07, 6.45) is 4.59. The molecule has 0 N–H and O–H groups in total. The van der Waals surface area contributed by atoms with Crippen LogP contribution < -0.4 is 0 Å². The molecule has 0 aromatic heterocycles. The Kier molecular flexibility index (Phi) is 6.34. The van der Waals surface area contributed by atoms with Crippen molar-refractivity contribution >= 4 is 17.5 Å². The van der Waals surface area contributed by atoms with Gasteiger partial charge in [0.05, 0.1) is 0 Å². The van der Waals surface area contributed by atoms with E-state index in [0.29, 0.717) is 11.8 Å². The molecule has 88 valence electrons. The Bertz CT molecular complexity index is 196. The number of thioether (sulfide) groups is 1. The predicted molar refractivity (Wildman–Crippen MR) is 67.5 cm³/mol. The van der Waals surface area contributed by atoms with E-state index in [1.165, 1.54) is 37.3 Å². The quantitative estimate of drug-likeness (QED) is 0.653. The first-order valence-corrected chi connectivity index (χ1v) is 7.20. The summed E-state index contributed by atoms with van der Waals surface area (Å²) < 4.78 is 0. The highest BCUT2D eigenvalue weighted by Crippen LogP contribution is 2.20. The van der Waals surface area contributed by atoms with E-state index in [9.17, 15) is 4.79 Å². The number of ketones is 1. The zero-order chi connectivity index (χ0) is 11.1. The van der Waals surface area contributed by atoms with Gasteiger partial charge in [0.25, 0.3) is 0 Å². The van der Waals surface area contributed by atoms with E-state index in [4.69, 9.17) is 0 Å². The predicted octanol–water partition coefficient (Wildman–Crippen LogP) is 2.57. The van der Waals surface area contributed by atoms with Gasteiger partial charge in [0.1, 0.15) is 5.78 Å². The fourth-order valence-electron chi connectivity index (χ4n) is 2.24. The number of hydrogen-bond acceptors (Lipinski definition) is 3. The van der Waals surface area contributed by atoms with Crippen molar-refractivity contribution in [3.63, 3.8) is 0 Å². The molecule has 3 heteroatoms. The van der Waals surface area contributed by atoms with Crippen molar-refractivity contribution in [2.24, 2.45) is 0 Å². The summed E-state index contributed by atoms with van der Waals surface area (Å²) in [4.78, 5) is 13.7. The van der Waals surface area contributed by atoms with Crippen LogP contribution in [0.3, 0.4) is 0 Å². The van der Waals surface area contributed by atoms with Gasteiger partial charge in [-0.3, -0.25) is 9.69 Å². The minimum absolute atomic E-state index is 0.343. The number of carbonyl (C=O) groups excluding carboxylic acids is 1. The first-order chi connectivity index (χ1) is 7.24. The fourth-order valence-corrected chi connectivity index (χ4v) is 2.90. The third kappa shape index (κ3) is 5.03. The van der Waals surface area contributed by atoms with Crippen molar-refractivity contribution in [2.75, 3.05) is 24.6 Å². The zero-order valence-corrected chi connectivity index (χ0v) is 10.8. The highest BCUT2D eigenvalue weighted by Gasteiger charge is 2.22. The van der Waals surface area contributed by atoms with Crippen LogP contribution in [0.1, 0.15) is 39.5 Å². The second-order valence-corrected chi connectivity index (χ2v) is 5.68. The van der Waals surface area contributed by atoms with Crippen molar-refractivity contribution < 1.29 is 4.79 Å². The first-order valence-electron chi connectivity index (χ1n) is 6.05. The lowest BCUT2D eigenvalue weighted by Crippen LogP contribution is -2.41. The highest BCUT2D eigenvalue weighted by molar-refractivity contribution is 7.99. The van der Waals surface area contributed by atoms with Gasteiger partial charge in [0.15, 0.2) is 0 Å². The maximum absolute atomic E-state index is 11.2. The Balaban J connectivity index is 2.32. The normalized spacial score (nSPS) is 22.9.